The van der Waals surface area contributed by atoms with Gasteiger partial charge >= 0.3 is 0 Å². The Balaban J connectivity index is 2.14. The number of hydrogen-bond acceptors (Lipinski definition) is 3. The summed E-state index contributed by atoms with van der Waals surface area (Å²) in [6, 6.07) is 0. The van der Waals surface area contributed by atoms with Crippen LogP contribution in [0.4, 0.5) is 0 Å². The van der Waals surface area contributed by atoms with Gasteiger partial charge in [0.2, 0.25) is 0 Å². The highest BCUT2D eigenvalue weighted by Crippen LogP contribution is 2.36. The van der Waals surface area contributed by atoms with Gasteiger partial charge in [-0.1, -0.05) is 13.8 Å². The first kappa shape index (κ1) is 8.48. The summed E-state index contributed by atoms with van der Waals surface area (Å²) in [6.45, 7) is 5.02. The molecule has 2 aliphatic rings. The van der Waals surface area contributed by atoms with Gasteiger partial charge in [-0.25, -0.2) is 0 Å². The summed E-state index contributed by atoms with van der Waals surface area (Å²) in [5.41, 5.74) is 0. The first-order valence-corrected chi connectivity index (χ1v) is 4.54. The molecule has 2 unspecified atom stereocenters. The Kier molecular flexibility index (Phi) is 2.10. The van der Waals surface area contributed by atoms with E-state index >= 15 is 0 Å². The molecule has 0 amide bonds. The van der Waals surface area contributed by atoms with Crippen molar-refractivity contribution in [1.82, 2.24) is 0 Å². The molecule has 2 rings (SSSR count). The third-order valence-corrected chi connectivity index (χ3v) is 3.06. The topological polar surface area (TPSA) is 27.7 Å². The highest BCUT2D eigenvalue weighted by molar-refractivity contribution is 4.89. The first-order valence-electron chi connectivity index (χ1n) is 4.54. The van der Waals surface area contributed by atoms with Gasteiger partial charge in [-0.05, 0) is 0 Å². The number of rotatable bonds is 1. The second-order valence-electron chi connectivity index (χ2n) is 3.79. The molecule has 3 nitrogen and oxygen atoms in total. The first-order chi connectivity index (χ1) is 5.74. The lowest BCUT2D eigenvalue weighted by Crippen LogP contribution is -2.45. The van der Waals surface area contributed by atoms with Crippen molar-refractivity contribution >= 4 is 0 Å². The van der Waals surface area contributed by atoms with Crippen molar-refractivity contribution in [2.75, 3.05) is 13.7 Å². The minimum atomic E-state index is -0.0313. The van der Waals surface area contributed by atoms with E-state index in [1.165, 1.54) is 0 Å². The molecule has 0 aromatic carbocycles. The average Bonchev–Trinajstić information content (AvgIpc) is 2.48. The van der Waals surface area contributed by atoms with Gasteiger partial charge in [-0.15, -0.1) is 0 Å². The zero-order valence-electron chi connectivity index (χ0n) is 7.82. The Morgan fingerprint density at radius 2 is 2.00 bits per heavy atom. The van der Waals surface area contributed by atoms with Crippen LogP contribution in [-0.4, -0.2) is 32.2 Å². The molecule has 2 aliphatic heterocycles. The molecule has 70 valence electrons. The van der Waals surface area contributed by atoms with Crippen molar-refractivity contribution in [1.29, 1.82) is 0 Å². The van der Waals surface area contributed by atoms with Crippen molar-refractivity contribution < 1.29 is 14.2 Å². The maximum Gasteiger partial charge on any atom is 0.163 e. The summed E-state index contributed by atoms with van der Waals surface area (Å²) in [5, 5.41) is 0. The Morgan fingerprint density at radius 1 is 1.25 bits per heavy atom. The summed E-state index contributed by atoms with van der Waals surface area (Å²) in [5.74, 6) is 0.799. The van der Waals surface area contributed by atoms with Crippen LogP contribution in [0, 0.1) is 11.8 Å². The van der Waals surface area contributed by atoms with Gasteiger partial charge in [0.1, 0.15) is 0 Å². The molecule has 2 fully saturated rings. The van der Waals surface area contributed by atoms with Crippen molar-refractivity contribution in [3.8, 4) is 0 Å². The Bertz CT molecular complexity index is 155. The predicted octanol–water partition coefficient (Wildman–Crippen LogP) is 1.03. The third kappa shape index (κ3) is 1.08. The molecule has 0 aromatic rings. The standard InChI is InChI=1S/C9H16O3/c1-5-7-4-11-9(12-7)6(2)8(5)10-3/h5-9H,4H2,1-3H3/t5-,6?,7?,8+,9-/m0/s1. The Labute approximate surface area is 73.0 Å². The zero-order valence-corrected chi connectivity index (χ0v) is 7.82. The average molecular weight is 172 g/mol. The Morgan fingerprint density at radius 3 is 2.67 bits per heavy atom. The number of ether oxygens (including phenoxy) is 3. The molecule has 2 bridgehead atoms. The fourth-order valence-electron chi connectivity index (χ4n) is 2.27. The smallest absolute Gasteiger partial charge is 0.163 e. The maximum absolute atomic E-state index is 5.65. The van der Waals surface area contributed by atoms with Gasteiger partial charge in [-0.2, -0.15) is 0 Å². The normalized spacial score (nSPS) is 52.8. The van der Waals surface area contributed by atoms with Gasteiger partial charge in [0.15, 0.2) is 6.29 Å². The van der Waals surface area contributed by atoms with Crippen LogP contribution in [0.5, 0.6) is 0 Å². The lowest BCUT2D eigenvalue weighted by atomic mass is 9.87. The van der Waals surface area contributed by atoms with E-state index in [1.54, 1.807) is 7.11 Å². The van der Waals surface area contributed by atoms with Crippen LogP contribution in [0.3, 0.4) is 0 Å². The van der Waals surface area contributed by atoms with E-state index in [1.807, 2.05) is 0 Å². The van der Waals surface area contributed by atoms with Crippen LogP contribution in [0.2, 0.25) is 0 Å². The van der Waals surface area contributed by atoms with E-state index in [0.717, 1.165) is 6.61 Å². The third-order valence-electron chi connectivity index (χ3n) is 3.06. The van der Waals surface area contributed by atoms with Crippen LogP contribution in [0.15, 0.2) is 0 Å². The van der Waals surface area contributed by atoms with Gasteiger partial charge in [0.05, 0.1) is 18.8 Å². The number of hydrogen-bond donors (Lipinski definition) is 0. The fourth-order valence-corrected chi connectivity index (χ4v) is 2.27. The van der Waals surface area contributed by atoms with E-state index in [2.05, 4.69) is 13.8 Å². The number of methoxy groups -OCH3 is 1. The molecule has 0 spiro atoms. The summed E-state index contributed by atoms with van der Waals surface area (Å²) in [6.07, 6.45) is 0.503. The van der Waals surface area contributed by atoms with Gasteiger partial charge in [0, 0.05) is 18.9 Å². The van der Waals surface area contributed by atoms with Crippen LogP contribution in [0.1, 0.15) is 13.8 Å². The predicted molar refractivity (Wildman–Crippen MR) is 43.7 cm³/mol. The van der Waals surface area contributed by atoms with E-state index in [9.17, 15) is 0 Å². The summed E-state index contributed by atoms with van der Waals surface area (Å²) >= 11 is 0. The fraction of sp³-hybridized carbons (Fsp3) is 1.00. The summed E-state index contributed by atoms with van der Waals surface area (Å²) in [7, 11) is 1.77. The molecule has 0 N–H and O–H groups in total. The molecule has 5 atom stereocenters. The summed E-state index contributed by atoms with van der Waals surface area (Å²) in [4.78, 5) is 0. The Hall–Kier alpha value is -0.120. The molecular weight excluding hydrogens is 156 g/mol. The maximum atomic E-state index is 5.65. The van der Waals surface area contributed by atoms with Gasteiger partial charge < -0.3 is 14.2 Å². The largest absolute Gasteiger partial charge is 0.381 e. The van der Waals surface area contributed by atoms with Crippen LogP contribution in [0.25, 0.3) is 0 Å². The minimum Gasteiger partial charge on any atom is -0.381 e. The van der Waals surface area contributed by atoms with Gasteiger partial charge in [0.25, 0.3) is 0 Å². The molecule has 0 aliphatic carbocycles. The molecule has 0 saturated carbocycles. The zero-order chi connectivity index (χ0) is 8.72. The monoisotopic (exact) mass is 172 g/mol. The molecule has 0 aromatic heterocycles. The number of fused-ring (bicyclic) bond motifs is 2. The van der Waals surface area contributed by atoms with Crippen LogP contribution < -0.4 is 0 Å². The second kappa shape index (κ2) is 2.98. The molecule has 12 heavy (non-hydrogen) atoms. The SMILES string of the molecule is CO[C@H]1C(C)[C@H]2OCC(O2)[C@@H]1C. The lowest BCUT2D eigenvalue weighted by molar-refractivity contribution is -0.183. The van der Waals surface area contributed by atoms with Gasteiger partial charge in [-0.3, -0.25) is 0 Å². The molecule has 3 heteroatoms. The highest BCUT2D eigenvalue weighted by atomic mass is 16.7. The quantitative estimate of drug-likeness (QED) is 0.591. The van der Waals surface area contributed by atoms with E-state index < -0.39 is 0 Å². The van der Waals surface area contributed by atoms with E-state index in [-0.39, 0.29) is 18.5 Å². The second-order valence-corrected chi connectivity index (χ2v) is 3.79. The van der Waals surface area contributed by atoms with Crippen molar-refractivity contribution in [2.45, 2.75) is 32.3 Å². The molecule has 0 radical (unpaired) electrons. The molecule has 2 heterocycles. The lowest BCUT2D eigenvalue weighted by Gasteiger charge is -2.36. The van der Waals surface area contributed by atoms with Crippen LogP contribution >= 0.6 is 0 Å². The van der Waals surface area contributed by atoms with Crippen LogP contribution in [-0.2, 0) is 14.2 Å². The van der Waals surface area contributed by atoms with E-state index in [4.69, 9.17) is 14.2 Å². The minimum absolute atomic E-state index is 0.0313. The summed E-state index contributed by atoms with van der Waals surface area (Å²) < 4.78 is 16.6. The van der Waals surface area contributed by atoms with Crippen molar-refractivity contribution in [3.63, 3.8) is 0 Å². The van der Waals surface area contributed by atoms with Crippen molar-refractivity contribution in [3.05, 3.63) is 0 Å². The van der Waals surface area contributed by atoms with E-state index in [0.29, 0.717) is 11.8 Å². The molecular formula is C9H16O3. The highest BCUT2D eigenvalue weighted by Gasteiger charge is 2.46. The van der Waals surface area contributed by atoms with Crippen molar-refractivity contribution in [2.24, 2.45) is 11.8 Å². The molecule has 2 saturated heterocycles.